The van der Waals surface area contributed by atoms with E-state index in [4.69, 9.17) is 11.6 Å². The number of piperidine rings is 1. The van der Waals surface area contributed by atoms with E-state index in [-0.39, 0.29) is 103 Å². The van der Waals surface area contributed by atoms with Crippen LogP contribution in [-0.2, 0) is 11.0 Å². The third-order valence-corrected chi connectivity index (χ3v) is 6.28. The Morgan fingerprint density at radius 1 is 1.28 bits per heavy atom. The zero-order valence-electron chi connectivity index (χ0n) is 16.5. The van der Waals surface area contributed by atoms with Gasteiger partial charge in [-0.15, -0.1) is 0 Å². The van der Waals surface area contributed by atoms with E-state index >= 15 is 0 Å². The fourth-order valence-electron chi connectivity index (χ4n) is 4.07. The number of pyridine rings is 1. The van der Waals surface area contributed by atoms with Crippen molar-refractivity contribution in [3.05, 3.63) is 33.1 Å². The summed E-state index contributed by atoms with van der Waals surface area (Å²) in [5.41, 5.74) is -1.82. The zero-order chi connectivity index (χ0) is 21.8. The summed E-state index contributed by atoms with van der Waals surface area (Å²) in [5.74, 6) is -0.689. The largest absolute Gasteiger partial charge is 0.420 e. The van der Waals surface area contributed by atoms with Gasteiger partial charge < -0.3 is 14.9 Å². The normalized spacial score (nSPS) is 21.5. The standard InChI is InChI=1S/C18H17BrClF3N4O3.2U/c19-9-6-10(18(21,22)23)16-24-14(15(20)27(16)7-9)17(30)25-5-3-11(12(28)8-25)26-4-1-2-13(26)29;;/h6-7,11-12,28H,1-5,8H2;;/t11-,12+;;/m0../s1. The van der Waals surface area contributed by atoms with Crippen LogP contribution in [0.5, 0.6) is 0 Å². The van der Waals surface area contributed by atoms with Crippen LogP contribution in [0.2, 0.25) is 5.15 Å². The van der Waals surface area contributed by atoms with Crippen LogP contribution in [0.1, 0.15) is 35.3 Å². The number of hydrogen-bond donors (Lipinski definition) is 1. The van der Waals surface area contributed by atoms with Gasteiger partial charge >= 0.3 is 6.18 Å². The minimum atomic E-state index is -4.68. The van der Waals surface area contributed by atoms with E-state index < -0.39 is 29.4 Å². The van der Waals surface area contributed by atoms with Crippen molar-refractivity contribution in [2.75, 3.05) is 19.6 Å². The van der Waals surface area contributed by atoms with Crippen LogP contribution in [0.25, 0.3) is 5.65 Å². The molecule has 2 aliphatic heterocycles. The molecule has 4 heterocycles. The molecular weight excluding hydrogens is 969 g/mol. The van der Waals surface area contributed by atoms with E-state index in [0.29, 0.717) is 19.4 Å². The summed E-state index contributed by atoms with van der Waals surface area (Å²) in [7, 11) is 0. The van der Waals surface area contributed by atoms with Crippen LogP contribution in [0.3, 0.4) is 0 Å². The van der Waals surface area contributed by atoms with Gasteiger partial charge in [0.1, 0.15) is 5.15 Å². The maximum atomic E-state index is 13.4. The van der Waals surface area contributed by atoms with Gasteiger partial charge in [-0.2, -0.15) is 13.2 Å². The fraction of sp³-hybridized carbons (Fsp3) is 0.500. The number of alkyl halides is 3. The van der Waals surface area contributed by atoms with Gasteiger partial charge in [-0.05, 0) is 34.8 Å². The number of nitrogens with zero attached hydrogens (tertiary/aromatic N) is 4. The molecule has 14 heteroatoms. The molecule has 0 aromatic carbocycles. The topological polar surface area (TPSA) is 78.2 Å². The Kier molecular flexibility index (Phi) is 9.70. The van der Waals surface area contributed by atoms with E-state index in [1.54, 1.807) is 4.90 Å². The Labute approximate surface area is 242 Å². The summed E-state index contributed by atoms with van der Waals surface area (Å²) >= 11 is 9.22. The van der Waals surface area contributed by atoms with Crippen molar-refractivity contribution in [1.82, 2.24) is 19.2 Å². The maximum absolute atomic E-state index is 13.4. The van der Waals surface area contributed by atoms with Crippen molar-refractivity contribution in [3.63, 3.8) is 0 Å². The fourth-order valence-corrected chi connectivity index (χ4v) is 4.75. The van der Waals surface area contributed by atoms with E-state index in [1.165, 1.54) is 11.1 Å². The molecule has 0 saturated carbocycles. The maximum Gasteiger partial charge on any atom is 0.420 e. The molecular formula is C18H17BrClF3N4O3U2. The second kappa shape index (κ2) is 10.9. The monoisotopic (exact) mass is 984 g/mol. The number of carbonyl (C=O) groups excluding carboxylic acids is 2. The Balaban J connectivity index is 0.00000181. The van der Waals surface area contributed by atoms with Crippen LogP contribution in [0.4, 0.5) is 13.2 Å². The number of carbonyl (C=O) groups is 2. The van der Waals surface area contributed by atoms with E-state index in [1.807, 2.05) is 0 Å². The number of hydrogen-bond acceptors (Lipinski definition) is 4. The molecule has 32 heavy (non-hydrogen) atoms. The second-order valence-electron chi connectivity index (χ2n) is 7.38. The number of aliphatic hydroxyl groups excluding tert-OH is 1. The molecule has 0 unspecified atom stereocenters. The molecule has 7 nitrogen and oxygen atoms in total. The first-order chi connectivity index (χ1) is 14.1. The quantitative estimate of drug-likeness (QED) is 0.503. The third kappa shape index (κ3) is 5.40. The van der Waals surface area contributed by atoms with Crippen LogP contribution < -0.4 is 0 Å². The smallest absolute Gasteiger partial charge is 0.389 e. The van der Waals surface area contributed by atoms with E-state index in [2.05, 4.69) is 20.9 Å². The van der Waals surface area contributed by atoms with E-state index in [9.17, 15) is 27.9 Å². The van der Waals surface area contributed by atoms with Crippen LogP contribution in [-0.4, -0.2) is 67.9 Å². The van der Waals surface area contributed by atoms with Gasteiger partial charge in [0.2, 0.25) is 5.91 Å². The molecule has 0 radical (unpaired) electrons. The van der Waals surface area contributed by atoms with Crippen molar-refractivity contribution >= 4 is 45.0 Å². The number of amides is 2. The van der Waals surface area contributed by atoms with Gasteiger partial charge in [-0.1, -0.05) is 11.6 Å². The molecule has 2 aromatic rings. The molecule has 170 valence electrons. The van der Waals surface area contributed by atoms with Gasteiger partial charge in [-0.25, -0.2) is 4.98 Å². The molecule has 0 aliphatic carbocycles. The van der Waals surface area contributed by atoms with Crippen molar-refractivity contribution in [2.45, 2.75) is 37.6 Å². The summed E-state index contributed by atoms with van der Waals surface area (Å²) < 4.78 is 41.3. The van der Waals surface area contributed by atoms with Gasteiger partial charge in [0.15, 0.2) is 11.3 Å². The molecule has 0 spiro atoms. The van der Waals surface area contributed by atoms with Gasteiger partial charge in [0.25, 0.3) is 5.91 Å². The first kappa shape index (κ1) is 28.5. The SMILES string of the molecule is O=C(c1nc2c(C(F)(F)F)cc(Br)cn2c1Cl)N1CC[C@H](N2CCCC2=O)[C@H](O)C1.[U].[U]. The number of halogens is 5. The average molecular weight is 986 g/mol. The van der Waals surface area contributed by atoms with Crippen molar-refractivity contribution in [3.8, 4) is 0 Å². The molecule has 0 bridgehead atoms. The van der Waals surface area contributed by atoms with Crippen molar-refractivity contribution < 1.29 is 90.1 Å². The van der Waals surface area contributed by atoms with Gasteiger partial charge in [0, 0.05) is 99.0 Å². The molecule has 2 atom stereocenters. The molecule has 4 rings (SSSR count). The number of aromatic nitrogens is 2. The average Bonchev–Trinajstić information content (AvgIpc) is 3.23. The predicted molar refractivity (Wildman–Crippen MR) is 104 cm³/mol. The van der Waals surface area contributed by atoms with E-state index in [0.717, 1.165) is 16.9 Å². The minimum Gasteiger partial charge on any atom is -0.389 e. The molecule has 2 aromatic heterocycles. The molecule has 2 aliphatic rings. The summed E-state index contributed by atoms with van der Waals surface area (Å²) in [6.07, 6.45) is -2.80. The number of β-amino-alcohol motifs (C(OH)–C–C–N with tert-alkyl or cyclic N) is 1. The predicted octanol–water partition coefficient (Wildman–Crippen LogP) is 2.97. The Hall–Kier alpha value is 0.254. The van der Waals surface area contributed by atoms with Crippen LogP contribution >= 0.6 is 27.5 Å². The number of fused-ring (bicyclic) bond motifs is 1. The first-order valence-corrected chi connectivity index (χ1v) is 10.5. The summed E-state index contributed by atoms with van der Waals surface area (Å²) in [6.45, 7) is 0.736. The Morgan fingerprint density at radius 3 is 2.53 bits per heavy atom. The number of rotatable bonds is 2. The zero-order valence-corrected chi connectivity index (χ0v) is 27.2. The second-order valence-corrected chi connectivity index (χ2v) is 8.65. The van der Waals surface area contributed by atoms with Crippen LogP contribution in [0.15, 0.2) is 16.7 Å². The summed E-state index contributed by atoms with van der Waals surface area (Å²) in [5, 5.41) is 10.3. The molecule has 2 saturated heterocycles. The summed E-state index contributed by atoms with van der Waals surface area (Å²) in [4.78, 5) is 31.7. The third-order valence-electron chi connectivity index (χ3n) is 5.48. The number of likely N-dealkylation sites (tertiary alicyclic amines) is 2. The Morgan fingerprint density at radius 2 is 1.97 bits per heavy atom. The molecule has 1 N–H and O–H groups in total. The number of imidazole rings is 1. The van der Waals surface area contributed by atoms with Gasteiger partial charge in [0.05, 0.1) is 17.7 Å². The molecule has 2 amide bonds. The van der Waals surface area contributed by atoms with Crippen molar-refractivity contribution in [1.29, 1.82) is 0 Å². The number of aliphatic hydroxyl groups is 1. The van der Waals surface area contributed by atoms with Crippen LogP contribution in [0, 0.1) is 62.2 Å². The van der Waals surface area contributed by atoms with Crippen molar-refractivity contribution in [2.24, 2.45) is 0 Å². The Bertz CT molecular complexity index is 1040. The summed E-state index contributed by atoms with van der Waals surface area (Å²) in [6, 6.07) is 0.489. The van der Waals surface area contributed by atoms with Gasteiger partial charge in [-0.3, -0.25) is 14.0 Å². The first-order valence-electron chi connectivity index (χ1n) is 9.29. The minimum absolute atomic E-state index is 0. The molecule has 2 fully saturated rings.